The monoisotopic (exact) mass is 360 g/mol. The van der Waals surface area contributed by atoms with Gasteiger partial charge in [-0.15, -0.1) is 11.3 Å². The molecule has 0 aliphatic heterocycles. The highest BCUT2D eigenvalue weighted by molar-refractivity contribution is 7.15. The molecule has 24 heavy (non-hydrogen) atoms. The first kappa shape index (κ1) is 16.8. The Labute approximate surface area is 149 Å². The Kier molecular flexibility index (Phi) is 4.54. The second-order valence-electron chi connectivity index (χ2n) is 5.74. The Balaban J connectivity index is 1.97. The number of aliphatic hydroxyl groups excluding tert-OH is 1. The highest BCUT2D eigenvalue weighted by Crippen LogP contribution is 2.39. The van der Waals surface area contributed by atoms with Crippen molar-refractivity contribution < 1.29 is 15.3 Å². The molecule has 0 spiro atoms. The Hall–Kier alpha value is -2.01. The second-order valence-corrected chi connectivity index (χ2v) is 7.24. The molecule has 3 rings (SSSR count). The molecule has 1 aromatic heterocycles. The molecule has 1 atom stereocenters. The molecule has 1 unspecified atom stereocenters. The van der Waals surface area contributed by atoms with E-state index in [1.165, 1.54) is 17.4 Å². The van der Waals surface area contributed by atoms with Crippen LogP contribution in [0.4, 0.5) is 0 Å². The Morgan fingerprint density at radius 2 is 1.67 bits per heavy atom. The van der Waals surface area contributed by atoms with Gasteiger partial charge in [0.05, 0.1) is 5.02 Å². The lowest BCUT2D eigenvalue weighted by Crippen LogP contribution is -1.97. The third kappa shape index (κ3) is 3.00. The summed E-state index contributed by atoms with van der Waals surface area (Å²) >= 11 is 7.54. The lowest BCUT2D eigenvalue weighted by Gasteiger charge is -2.11. The van der Waals surface area contributed by atoms with Gasteiger partial charge in [0, 0.05) is 15.3 Å². The molecule has 3 aromatic rings. The van der Waals surface area contributed by atoms with E-state index in [0.29, 0.717) is 11.3 Å². The topological polar surface area (TPSA) is 60.7 Å². The van der Waals surface area contributed by atoms with Gasteiger partial charge in [-0.3, -0.25) is 0 Å². The van der Waals surface area contributed by atoms with Crippen molar-refractivity contribution in [3.05, 3.63) is 69.1 Å². The predicted molar refractivity (Wildman–Crippen MR) is 98.1 cm³/mol. The van der Waals surface area contributed by atoms with Crippen LogP contribution in [0.3, 0.4) is 0 Å². The van der Waals surface area contributed by atoms with E-state index in [4.69, 9.17) is 11.6 Å². The number of hydrogen-bond donors (Lipinski definition) is 3. The van der Waals surface area contributed by atoms with Gasteiger partial charge in [-0.1, -0.05) is 23.7 Å². The second kappa shape index (κ2) is 6.48. The lowest BCUT2D eigenvalue weighted by atomic mass is 10.0. The number of phenolic OH excluding ortho intramolecular Hbond substituents is 2. The minimum atomic E-state index is -0.900. The van der Waals surface area contributed by atoms with Gasteiger partial charge in [0.1, 0.15) is 17.6 Å². The maximum absolute atomic E-state index is 10.6. The van der Waals surface area contributed by atoms with Crippen molar-refractivity contribution in [3.63, 3.8) is 0 Å². The molecule has 1 heterocycles. The summed E-state index contributed by atoms with van der Waals surface area (Å²) in [6.45, 7) is 3.73. The van der Waals surface area contributed by atoms with Gasteiger partial charge in [0.15, 0.2) is 0 Å². The van der Waals surface area contributed by atoms with Crippen molar-refractivity contribution in [1.29, 1.82) is 0 Å². The number of aromatic hydroxyl groups is 2. The highest BCUT2D eigenvalue weighted by atomic mass is 35.5. The number of halogens is 1. The number of hydrogen-bond acceptors (Lipinski definition) is 4. The summed E-state index contributed by atoms with van der Waals surface area (Å²) in [6, 6.07) is 12.5. The van der Waals surface area contributed by atoms with Crippen LogP contribution >= 0.6 is 22.9 Å². The van der Waals surface area contributed by atoms with Gasteiger partial charge in [0.25, 0.3) is 0 Å². The standard InChI is InChI=1S/C19H17ClO3S/c1-10-8-12(9-11(2)18(10)22)15-6-7-16(24-15)19(23)13-4-3-5-14(21)17(13)20/h3-9,19,21-23H,1-2H3. The number of rotatable bonds is 3. The van der Waals surface area contributed by atoms with E-state index in [2.05, 4.69) is 0 Å². The third-order valence-electron chi connectivity index (χ3n) is 3.97. The SMILES string of the molecule is Cc1cc(-c2ccc(C(O)c3cccc(O)c3Cl)s2)cc(C)c1O. The van der Waals surface area contributed by atoms with Crippen LogP contribution in [0.5, 0.6) is 11.5 Å². The fraction of sp³-hybridized carbons (Fsp3) is 0.158. The van der Waals surface area contributed by atoms with Gasteiger partial charge in [0.2, 0.25) is 0 Å². The van der Waals surface area contributed by atoms with Crippen LogP contribution in [-0.4, -0.2) is 15.3 Å². The van der Waals surface area contributed by atoms with Crippen LogP contribution in [0.15, 0.2) is 42.5 Å². The molecular weight excluding hydrogens is 344 g/mol. The van der Waals surface area contributed by atoms with Gasteiger partial charge in [-0.05, 0) is 60.9 Å². The molecule has 3 nitrogen and oxygen atoms in total. The van der Waals surface area contributed by atoms with E-state index in [-0.39, 0.29) is 10.8 Å². The molecule has 3 N–H and O–H groups in total. The van der Waals surface area contributed by atoms with Crippen LogP contribution in [0.25, 0.3) is 10.4 Å². The Bertz CT molecular complexity index is 878. The first-order chi connectivity index (χ1) is 11.4. The van der Waals surface area contributed by atoms with E-state index >= 15 is 0 Å². The molecule has 0 bridgehead atoms. The summed E-state index contributed by atoms with van der Waals surface area (Å²) in [5.74, 6) is 0.261. The molecule has 124 valence electrons. The summed E-state index contributed by atoms with van der Waals surface area (Å²) in [5.41, 5.74) is 3.10. The van der Waals surface area contributed by atoms with Gasteiger partial charge < -0.3 is 15.3 Å². The number of benzene rings is 2. The number of thiophene rings is 1. The molecule has 0 aliphatic carbocycles. The molecule has 0 fully saturated rings. The minimum Gasteiger partial charge on any atom is -0.507 e. The van der Waals surface area contributed by atoms with E-state index in [0.717, 1.165) is 26.4 Å². The minimum absolute atomic E-state index is 0.0465. The van der Waals surface area contributed by atoms with Gasteiger partial charge in [-0.2, -0.15) is 0 Å². The van der Waals surface area contributed by atoms with Crippen molar-refractivity contribution in [2.24, 2.45) is 0 Å². The largest absolute Gasteiger partial charge is 0.507 e. The summed E-state index contributed by atoms with van der Waals surface area (Å²) in [7, 11) is 0. The highest BCUT2D eigenvalue weighted by Gasteiger charge is 2.18. The molecule has 2 aromatic carbocycles. The normalized spacial score (nSPS) is 12.3. The van der Waals surface area contributed by atoms with E-state index < -0.39 is 6.10 Å². The molecule has 0 aliphatic rings. The van der Waals surface area contributed by atoms with Crippen LogP contribution in [-0.2, 0) is 0 Å². The zero-order valence-corrected chi connectivity index (χ0v) is 14.8. The molecule has 0 saturated carbocycles. The fourth-order valence-corrected chi connectivity index (χ4v) is 3.88. The Morgan fingerprint density at radius 3 is 2.33 bits per heavy atom. The average Bonchev–Trinajstić information content (AvgIpc) is 3.04. The molecule has 5 heteroatoms. The average molecular weight is 361 g/mol. The molecule has 0 radical (unpaired) electrons. The van der Waals surface area contributed by atoms with Gasteiger partial charge >= 0.3 is 0 Å². The lowest BCUT2D eigenvalue weighted by molar-refractivity contribution is 0.224. The van der Waals surface area contributed by atoms with Crippen molar-refractivity contribution in [2.75, 3.05) is 0 Å². The number of aliphatic hydroxyl groups is 1. The smallest absolute Gasteiger partial charge is 0.134 e. The van der Waals surface area contributed by atoms with Crippen molar-refractivity contribution in [3.8, 4) is 21.9 Å². The Morgan fingerprint density at radius 1 is 1.00 bits per heavy atom. The molecular formula is C19H17ClO3S. The van der Waals surface area contributed by atoms with E-state index in [9.17, 15) is 15.3 Å². The molecule has 0 saturated heterocycles. The van der Waals surface area contributed by atoms with E-state index in [1.807, 2.05) is 38.1 Å². The molecule has 0 amide bonds. The van der Waals surface area contributed by atoms with Crippen LogP contribution in [0, 0.1) is 13.8 Å². The third-order valence-corrected chi connectivity index (χ3v) is 5.57. The first-order valence-corrected chi connectivity index (χ1v) is 8.63. The zero-order valence-electron chi connectivity index (χ0n) is 13.2. The maximum Gasteiger partial charge on any atom is 0.134 e. The number of aryl methyl sites for hydroxylation is 2. The number of phenols is 2. The fourth-order valence-electron chi connectivity index (χ4n) is 2.65. The van der Waals surface area contributed by atoms with Crippen LogP contribution in [0.2, 0.25) is 5.02 Å². The zero-order chi connectivity index (χ0) is 17.4. The van der Waals surface area contributed by atoms with Crippen molar-refractivity contribution >= 4 is 22.9 Å². The summed E-state index contributed by atoms with van der Waals surface area (Å²) in [4.78, 5) is 1.73. The van der Waals surface area contributed by atoms with E-state index in [1.54, 1.807) is 12.1 Å². The maximum atomic E-state index is 10.6. The van der Waals surface area contributed by atoms with Gasteiger partial charge in [-0.25, -0.2) is 0 Å². The van der Waals surface area contributed by atoms with Crippen molar-refractivity contribution in [1.82, 2.24) is 0 Å². The van der Waals surface area contributed by atoms with Crippen LogP contribution < -0.4 is 0 Å². The summed E-state index contributed by atoms with van der Waals surface area (Å²) in [5, 5.41) is 30.4. The van der Waals surface area contributed by atoms with Crippen molar-refractivity contribution in [2.45, 2.75) is 20.0 Å². The predicted octanol–water partition coefficient (Wildman–Crippen LogP) is 5.18. The quantitative estimate of drug-likeness (QED) is 0.603. The summed E-state index contributed by atoms with van der Waals surface area (Å²) < 4.78 is 0. The van der Waals surface area contributed by atoms with Crippen LogP contribution in [0.1, 0.15) is 27.7 Å². The first-order valence-electron chi connectivity index (χ1n) is 7.44. The summed E-state index contributed by atoms with van der Waals surface area (Å²) in [6.07, 6.45) is -0.900.